The van der Waals surface area contributed by atoms with Gasteiger partial charge < -0.3 is 14.2 Å². The van der Waals surface area contributed by atoms with E-state index in [2.05, 4.69) is 0 Å². The lowest BCUT2D eigenvalue weighted by Gasteiger charge is -2.36. The first kappa shape index (κ1) is 19.8. The van der Waals surface area contributed by atoms with Crippen LogP contribution in [0.4, 0.5) is 0 Å². The molecule has 0 fully saturated rings. The molecular weight excluding hydrogens is 352 g/mol. The van der Waals surface area contributed by atoms with Crippen molar-refractivity contribution in [2.75, 3.05) is 20.8 Å². The van der Waals surface area contributed by atoms with Crippen LogP contribution >= 0.6 is 0 Å². The van der Waals surface area contributed by atoms with Gasteiger partial charge in [-0.3, -0.25) is 0 Å². The van der Waals surface area contributed by atoms with Crippen LogP contribution in [0, 0.1) is 0 Å². The molecule has 3 aromatic rings. The average Bonchev–Trinajstić information content (AvgIpc) is 2.78. The smallest absolute Gasteiger partial charge is 0.337 e. The maximum absolute atomic E-state index is 12.0. The Morgan fingerprint density at radius 2 is 1.14 bits per heavy atom. The minimum Gasteiger partial charge on any atom is -0.467 e. The van der Waals surface area contributed by atoms with Gasteiger partial charge in [0.1, 0.15) is 5.60 Å². The molecule has 0 heterocycles. The van der Waals surface area contributed by atoms with Gasteiger partial charge in [0, 0.05) is 7.11 Å². The van der Waals surface area contributed by atoms with E-state index in [9.17, 15) is 4.79 Å². The van der Waals surface area contributed by atoms with Crippen LogP contribution in [0.15, 0.2) is 91.0 Å². The van der Waals surface area contributed by atoms with Gasteiger partial charge >= 0.3 is 5.97 Å². The van der Waals surface area contributed by atoms with E-state index in [1.54, 1.807) is 0 Å². The van der Waals surface area contributed by atoms with Crippen molar-refractivity contribution in [3.63, 3.8) is 0 Å². The molecule has 0 saturated carbocycles. The fraction of sp³-hybridized carbons (Fsp3) is 0.208. The van der Waals surface area contributed by atoms with E-state index in [4.69, 9.17) is 14.2 Å². The van der Waals surface area contributed by atoms with Gasteiger partial charge in [0.2, 0.25) is 0 Å². The molecule has 0 N–H and O–H groups in total. The molecule has 0 amide bonds. The third-order valence-corrected chi connectivity index (χ3v) is 4.74. The summed E-state index contributed by atoms with van der Waals surface area (Å²) >= 11 is 0. The topological polar surface area (TPSA) is 44.8 Å². The summed E-state index contributed by atoms with van der Waals surface area (Å²) in [6.45, 7) is 0.0435. The van der Waals surface area contributed by atoms with Crippen LogP contribution in [-0.2, 0) is 24.6 Å². The highest BCUT2D eigenvalue weighted by atomic mass is 16.6. The minimum absolute atomic E-state index is 0.0435. The van der Waals surface area contributed by atoms with Crippen LogP contribution in [0.25, 0.3) is 0 Å². The summed E-state index contributed by atoms with van der Waals surface area (Å²) in [5.41, 5.74) is 2.00. The Labute approximate surface area is 165 Å². The summed E-state index contributed by atoms with van der Waals surface area (Å²) in [5.74, 6) is -0.467. The summed E-state index contributed by atoms with van der Waals surface area (Å²) < 4.78 is 16.7. The summed E-state index contributed by atoms with van der Waals surface area (Å²) in [6.07, 6.45) is -0.819. The van der Waals surface area contributed by atoms with Gasteiger partial charge in [0.25, 0.3) is 0 Å². The molecule has 1 atom stereocenters. The van der Waals surface area contributed by atoms with Crippen molar-refractivity contribution in [2.45, 2.75) is 11.7 Å². The number of esters is 1. The number of ether oxygens (including phenoxy) is 3. The lowest BCUT2D eigenvalue weighted by Crippen LogP contribution is -2.38. The molecule has 0 aliphatic rings. The van der Waals surface area contributed by atoms with E-state index in [1.807, 2.05) is 91.0 Å². The highest BCUT2D eigenvalue weighted by molar-refractivity contribution is 5.74. The Morgan fingerprint density at radius 1 is 0.750 bits per heavy atom. The van der Waals surface area contributed by atoms with Crippen LogP contribution in [-0.4, -0.2) is 32.9 Å². The molecule has 4 heteroatoms. The van der Waals surface area contributed by atoms with Crippen LogP contribution < -0.4 is 0 Å². The number of carbonyl (C=O) groups excluding carboxylic acids is 1. The van der Waals surface area contributed by atoms with Crippen molar-refractivity contribution < 1.29 is 19.0 Å². The highest BCUT2D eigenvalue weighted by Gasteiger charge is 2.39. The number of methoxy groups -OCH3 is 2. The van der Waals surface area contributed by atoms with Crippen LogP contribution in [0.5, 0.6) is 0 Å². The molecule has 0 aliphatic heterocycles. The van der Waals surface area contributed by atoms with Gasteiger partial charge in [0.15, 0.2) is 6.10 Å². The predicted molar refractivity (Wildman–Crippen MR) is 108 cm³/mol. The lowest BCUT2D eigenvalue weighted by molar-refractivity contribution is -0.158. The quantitative estimate of drug-likeness (QED) is 0.437. The van der Waals surface area contributed by atoms with E-state index in [1.165, 1.54) is 14.2 Å². The standard InChI is InChI=1S/C24H24O4/c1-26-22(23(25)27-2)18-28-24(19-12-6-3-7-13-19,20-14-8-4-9-15-20)21-16-10-5-11-17-21/h3-17,22H,18H2,1-2H3. The monoisotopic (exact) mass is 376 g/mol. The van der Waals surface area contributed by atoms with Crippen LogP contribution in [0.2, 0.25) is 0 Å². The molecular formula is C24H24O4. The first-order chi connectivity index (χ1) is 13.7. The van der Waals surface area contributed by atoms with E-state index >= 15 is 0 Å². The summed E-state index contributed by atoms with van der Waals surface area (Å²) in [7, 11) is 2.81. The number of hydrogen-bond donors (Lipinski definition) is 0. The van der Waals surface area contributed by atoms with Crippen LogP contribution in [0.3, 0.4) is 0 Å². The Morgan fingerprint density at radius 3 is 1.46 bits per heavy atom. The summed E-state index contributed by atoms with van der Waals surface area (Å²) in [4.78, 5) is 12.0. The van der Waals surface area contributed by atoms with E-state index < -0.39 is 17.7 Å². The second kappa shape index (κ2) is 9.31. The molecule has 3 rings (SSSR count). The van der Waals surface area contributed by atoms with Gasteiger partial charge in [-0.2, -0.15) is 0 Å². The van der Waals surface area contributed by atoms with Crippen molar-refractivity contribution in [3.05, 3.63) is 108 Å². The molecule has 0 spiro atoms. The Kier molecular flexibility index (Phi) is 6.58. The molecule has 0 aliphatic carbocycles. The molecule has 4 nitrogen and oxygen atoms in total. The third-order valence-electron chi connectivity index (χ3n) is 4.74. The van der Waals surface area contributed by atoms with Gasteiger partial charge in [-0.1, -0.05) is 91.0 Å². The fourth-order valence-electron chi connectivity index (χ4n) is 3.33. The van der Waals surface area contributed by atoms with E-state index in [0.717, 1.165) is 16.7 Å². The van der Waals surface area contributed by atoms with Crippen molar-refractivity contribution >= 4 is 5.97 Å². The second-order valence-corrected chi connectivity index (χ2v) is 6.34. The first-order valence-corrected chi connectivity index (χ1v) is 9.13. The normalized spacial score (nSPS) is 12.4. The third kappa shape index (κ3) is 3.98. The molecule has 0 bridgehead atoms. The zero-order valence-electron chi connectivity index (χ0n) is 16.1. The number of rotatable bonds is 8. The molecule has 0 aromatic heterocycles. The summed E-state index contributed by atoms with van der Waals surface area (Å²) in [5, 5.41) is 0. The second-order valence-electron chi connectivity index (χ2n) is 6.34. The summed E-state index contributed by atoms with van der Waals surface area (Å²) in [6, 6.07) is 30.0. The maximum atomic E-state index is 12.0. The maximum Gasteiger partial charge on any atom is 0.337 e. The van der Waals surface area contributed by atoms with E-state index in [0.29, 0.717) is 0 Å². The zero-order valence-corrected chi connectivity index (χ0v) is 16.1. The highest BCUT2D eigenvalue weighted by Crippen LogP contribution is 2.40. The Balaban J connectivity index is 2.15. The molecule has 0 saturated heterocycles. The average molecular weight is 376 g/mol. The Bertz CT molecular complexity index is 766. The van der Waals surface area contributed by atoms with Crippen molar-refractivity contribution in [1.82, 2.24) is 0 Å². The van der Waals surface area contributed by atoms with Crippen molar-refractivity contribution in [2.24, 2.45) is 0 Å². The van der Waals surface area contributed by atoms with Gasteiger partial charge in [-0.25, -0.2) is 4.79 Å². The largest absolute Gasteiger partial charge is 0.467 e. The predicted octanol–water partition coefficient (Wildman–Crippen LogP) is 4.18. The molecule has 3 aromatic carbocycles. The van der Waals surface area contributed by atoms with Gasteiger partial charge in [-0.15, -0.1) is 0 Å². The molecule has 0 radical (unpaired) electrons. The fourth-order valence-corrected chi connectivity index (χ4v) is 3.33. The first-order valence-electron chi connectivity index (χ1n) is 9.13. The number of hydrogen-bond acceptors (Lipinski definition) is 4. The zero-order chi connectivity index (χ0) is 19.8. The SMILES string of the molecule is COC(=O)C(COC(c1ccccc1)(c1ccccc1)c1ccccc1)OC. The van der Waals surface area contributed by atoms with Crippen molar-refractivity contribution in [3.8, 4) is 0 Å². The number of benzene rings is 3. The molecule has 28 heavy (non-hydrogen) atoms. The lowest BCUT2D eigenvalue weighted by atomic mass is 9.80. The van der Waals surface area contributed by atoms with Crippen molar-refractivity contribution in [1.29, 1.82) is 0 Å². The van der Waals surface area contributed by atoms with Gasteiger partial charge in [0.05, 0.1) is 13.7 Å². The number of carbonyl (C=O) groups is 1. The van der Waals surface area contributed by atoms with E-state index in [-0.39, 0.29) is 6.61 Å². The van der Waals surface area contributed by atoms with Crippen LogP contribution in [0.1, 0.15) is 16.7 Å². The Hall–Kier alpha value is -2.95. The molecule has 144 valence electrons. The molecule has 1 unspecified atom stereocenters. The van der Waals surface area contributed by atoms with Gasteiger partial charge in [-0.05, 0) is 16.7 Å². The minimum atomic E-state index is -0.894.